The molecule has 0 aliphatic heterocycles. The molecule has 0 saturated carbocycles. The molecule has 6 heteroatoms. The third kappa shape index (κ3) is 2.19. The first-order valence-electron chi connectivity index (χ1n) is 2.89. The van der Waals surface area contributed by atoms with E-state index < -0.39 is 17.5 Å². The summed E-state index contributed by atoms with van der Waals surface area (Å²) in [7, 11) is 0. The number of halogens is 5. The van der Waals surface area contributed by atoms with Gasteiger partial charge in [-0.2, -0.15) is 0 Å². The van der Waals surface area contributed by atoms with Crippen molar-refractivity contribution < 1.29 is 17.8 Å². The van der Waals surface area contributed by atoms with Crippen molar-refractivity contribution in [2.75, 3.05) is 0 Å². The van der Waals surface area contributed by atoms with Crippen LogP contribution in [0.3, 0.4) is 0 Å². The standard InChI is InChI=1S/C6H5F5Se/c7-12(8,9,10,11)6-4-2-1-3-5-6/h1-5H. The molecule has 0 heterocycles. The first kappa shape index (κ1) is 9.48. The van der Waals surface area contributed by atoms with Crippen LogP contribution in [0.4, 0.5) is 17.8 Å². The fourth-order valence-electron chi connectivity index (χ4n) is 0.678. The number of rotatable bonds is 1. The summed E-state index contributed by atoms with van der Waals surface area (Å²) in [5, 5.41) is 0. The Hall–Kier alpha value is -0.611. The van der Waals surface area contributed by atoms with Crippen LogP contribution in [0.25, 0.3) is 0 Å². The van der Waals surface area contributed by atoms with E-state index in [4.69, 9.17) is 0 Å². The molecule has 0 atom stereocenters. The minimum atomic E-state index is -9.99. The van der Waals surface area contributed by atoms with Gasteiger partial charge < -0.3 is 0 Å². The van der Waals surface area contributed by atoms with Crippen LogP contribution in [-0.2, 0) is 0 Å². The van der Waals surface area contributed by atoms with Crippen molar-refractivity contribution in [1.29, 1.82) is 0 Å². The summed E-state index contributed by atoms with van der Waals surface area (Å²) in [5.74, 6) is 0. The van der Waals surface area contributed by atoms with Gasteiger partial charge in [-0.3, -0.25) is 0 Å². The van der Waals surface area contributed by atoms with Gasteiger partial charge >= 0.3 is 65.6 Å². The second-order valence-corrected chi connectivity index (χ2v) is 7.34. The van der Waals surface area contributed by atoms with Gasteiger partial charge in [0, 0.05) is 0 Å². The summed E-state index contributed by atoms with van der Waals surface area (Å²) in [6.45, 7) is 0. The molecule has 0 amide bonds. The van der Waals surface area contributed by atoms with Crippen LogP contribution < -0.4 is 4.46 Å². The Balaban J connectivity index is 3.36. The molecule has 0 radical (unpaired) electrons. The summed E-state index contributed by atoms with van der Waals surface area (Å²) in [5.41, 5.74) is 0. The zero-order valence-electron chi connectivity index (χ0n) is 5.68. The first-order valence-corrected chi connectivity index (χ1v) is 6.98. The maximum absolute atomic E-state index is 12.0. The van der Waals surface area contributed by atoms with Crippen molar-refractivity contribution in [3.8, 4) is 0 Å². The van der Waals surface area contributed by atoms with Crippen molar-refractivity contribution in [1.82, 2.24) is 0 Å². The van der Waals surface area contributed by atoms with Gasteiger partial charge in [-0.25, -0.2) is 0 Å². The maximum atomic E-state index is 12.0. The van der Waals surface area contributed by atoms with Crippen LogP contribution in [0.2, 0.25) is 0 Å². The molecule has 0 nitrogen and oxygen atoms in total. The quantitative estimate of drug-likeness (QED) is 0.531. The molecule has 0 spiro atoms. The van der Waals surface area contributed by atoms with Gasteiger partial charge in [0.1, 0.15) is 0 Å². The SMILES string of the molecule is F[Se](F)(F)(F)(F)c1ccccc1. The third-order valence-electron chi connectivity index (χ3n) is 1.19. The van der Waals surface area contributed by atoms with Crippen molar-refractivity contribution in [3.05, 3.63) is 30.3 Å². The van der Waals surface area contributed by atoms with Crippen LogP contribution in [0.5, 0.6) is 0 Å². The average Bonchev–Trinajstić information content (AvgIpc) is 1.85. The predicted molar refractivity (Wildman–Crippen MR) is 37.4 cm³/mol. The molecule has 0 aromatic heterocycles. The molecule has 70 valence electrons. The van der Waals surface area contributed by atoms with E-state index in [9.17, 15) is 17.8 Å². The average molecular weight is 251 g/mol. The Morgan fingerprint density at radius 3 is 1.42 bits per heavy atom. The summed E-state index contributed by atoms with van der Waals surface area (Å²) < 4.78 is 58.2. The zero-order valence-corrected chi connectivity index (χ0v) is 7.40. The van der Waals surface area contributed by atoms with E-state index in [-0.39, 0.29) is 0 Å². The van der Waals surface area contributed by atoms with Gasteiger partial charge in [-0.15, -0.1) is 0 Å². The predicted octanol–water partition coefficient (Wildman–Crippen LogP) is 2.58. The van der Waals surface area contributed by atoms with E-state index in [1.807, 2.05) is 0 Å². The molecular weight excluding hydrogens is 246 g/mol. The van der Waals surface area contributed by atoms with E-state index >= 15 is 0 Å². The van der Waals surface area contributed by atoms with Gasteiger partial charge in [0.15, 0.2) is 0 Å². The van der Waals surface area contributed by atoms with Crippen LogP contribution in [0.1, 0.15) is 0 Å². The van der Waals surface area contributed by atoms with Gasteiger partial charge in [0.25, 0.3) is 0 Å². The van der Waals surface area contributed by atoms with E-state index in [1.54, 1.807) is 0 Å². The van der Waals surface area contributed by atoms with Crippen LogP contribution >= 0.6 is 0 Å². The molecule has 0 fully saturated rings. The Bertz CT molecular complexity index is 285. The summed E-state index contributed by atoms with van der Waals surface area (Å²) >= 11 is -9.99. The molecule has 12 heavy (non-hydrogen) atoms. The Morgan fingerprint density at radius 1 is 0.750 bits per heavy atom. The molecule has 0 aliphatic carbocycles. The molecular formula is C6H5F5Se. The fourth-order valence-corrected chi connectivity index (χ4v) is 2.09. The minimum absolute atomic E-state index is 0.384. The van der Waals surface area contributed by atoms with E-state index in [0.717, 1.165) is 12.1 Å². The van der Waals surface area contributed by atoms with Crippen LogP contribution in [0, 0.1) is 0 Å². The number of hydrogen-bond acceptors (Lipinski definition) is 0. The van der Waals surface area contributed by atoms with Crippen molar-refractivity contribution in [2.45, 2.75) is 0 Å². The zero-order chi connectivity index (χ0) is 9.52. The summed E-state index contributed by atoms with van der Waals surface area (Å²) in [6.07, 6.45) is 0. The van der Waals surface area contributed by atoms with Gasteiger partial charge in [-0.05, 0) is 0 Å². The van der Waals surface area contributed by atoms with Gasteiger partial charge in [0.05, 0.1) is 0 Å². The molecule has 1 aromatic rings. The molecule has 0 aliphatic rings. The summed E-state index contributed by atoms with van der Waals surface area (Å²) in [4.78, 5) is 0. The van der Waals surface area contributed by atoms with E-state index in [0.29, 0.717) is 12.1 Å². The fraction of sp³-hybridized carbons (Fsp3) is 0. The molecule has 0 unspecified atom stereocenters. The second kappa shape index (κ2) is 1.83. The normalized spacial score (nSPS) is 18.1. The number of benzene rings is 1. The van der Waals surface area contributed by atoms with Crippen molar-refractivity contribution in [2.24, 2.45) is 0 Å². The molecule has 0 saturated heterocycles. The van der Waals surface area contributed by atoms with Crippen molar-refractivity contribution >= 4 is 17.5 Å². The van der Waals surface area contributed by atoms with Crippen LogP contribution in [-0.4, -0.2) is 13.0 Å². The molecule has 0 bridgehead atoms. The van der Waals surface area contributed by atoms with E-state index in [1.165, 1.54) is 6.07 Å². The topological polar surface area (TPSA) is 0 Å². The molecule has 1 aromatic carbocycles. The number of hydrogen-bond donors (Lipinski definition) is 0. The van der Waals surface area contributed by atoms with Gasteiger partial charge in [-0.1, -0.05) is 0 Å². The van der Waals surface area contributed by atoms with Crippen molar-refractivity contribution in [3.63, 3.8) is 0 Å². The summed E-state index contributed by atoms with van der Waals surface area (Å²) in [6, 6.07) is 3.89. The Morgan fingerprint density at radius 2 is 1.17 bits per heavy atom. The van der Waals surface area contributed by atoms with Gasteiger partial charge in [0.2, 0.25) is 0 Å². The molecule has 1 rings (SSSR count). The Labute approximate surface area is 66.2 Å². The second-order valence-electron chi connectivity index (χ2n) is 2.28. The third-order valence-corrected chi connectivity index (χ3v) is 3.63. The van der Waals surface area contributed by atoms with Crippen LogP contribution in [0.15, 0.2) is 30.3 Å². The molecule has 0 N–H and O–H groups in total. The van der Waals surface area contributed by atoms with E-state index in [2.05, 4.69) is 0 Å². The Kier molecular flexibility index (Phi) is 1.44. The first-order chi connectivity index (χ1) is 5.09. The monoisotopic (exact) mass is 252 g/mol.